The van der Waals surface area contributed by atoms with Crippen LogP contribution in [-0.2, 0) is 16.1 Å². The maximum atomic E-state index is 13.6. The molecule has 0 aromatic heterocycles. The van der Waals surface area contributed by atoms with E-state index >= 15 is 0 Å². The number of para-hydroxylation sites is 1. The number of anilines is 1. The smallest absolute Gasteiger partial charge is 0.329 e. The molecule has 0 saturated heterocycles. The van der Waals surface area contributed by atoms with Gasteiger partial charge in [-0.2, -0.15) is 0 Å². The summed E-state index contributed by atoms with van der Waals surface area (Å²) in [5.41, 5.74) is 0.898. The Morgan fingerprint density at radius 1 is 1.04 bits per heavy atom. The summed E-state index contributed by atoms with van der Waals surface area (Å²) in [5, 5.41) is 5.24. The van der Waals surface area contributed by atoms with E-state index in [2.05, 4.69) is 10.6 Å². The van der Waals surface area contributed by atoms with Gasteiger partial charge < -0.3 is 15.4 Å². The topological polar surface area (TPSA) is 67.4 Å². The molecule has 0 radical (unpaired) electrons. The largest absolute Gasteiger partial charge is 0.459 e. The summed E-state index contributed by atoms with van der Waals surface area (Å²) in [7, 11) is 0. The lowest BCUT2D eigenvalue weighted by Gasteiger charge is -2.21. The second-order valence-electron chi connectivity index (χ2n) is 5.89. The normalized spacial score (nSPS) is 11.7. The van der Waals surface area contributed by atoms with E-state index < -0.39 is 23.9 Å². The van der Waals surface area contributed by atoms with Crippen LogP contribution in [0.15, 0.2) is 54.6 Å². The van der Waals surface area contributed by atoms with Crippen LogP contribution in [0.4, 0.5) is 14.9 Å². The highest BCUT2D eigenvalue weighted by Crippen LogP contribution is 2.11. The van der Waals surface area contributed by atoms with Gasteiger partial charge in [-0.25, -0.2) is 14.0 Å². The molecule has 0 spiro atoms. The van der Waals surface area contributed by atoms with Crippen LogP contribution in [0.25, 0.3) is 0 Å². The number of carbonyl (C=O) groups excluding carboxylic acids is 2. The fourth-order valence-electron chi connectivity index (χ4n) is 2.18. The van der Waals surface area contributed by atoms with Crippen molar-refractivity contribution in [2.24, 2.45) is 5.92 Å². The molecule has 2 aromatic carbocycles. The molecule has 5 nitrogen and oxygen atoms in total. The van der Waals surface area contributed by atoms with E-state index in [1.807, 2.05) is 6.07 Å². The van der Waals surface area contributed by atoms with Crippen LogP contribution >= 0.6 is 0 Å². The Bertz CT molecular complexity index is 720. The lowest BCUT2D eigenvalue weighted by molar-refractivity contribution is -0.148. The number of amides is 2. The summed E-state index contributed by atoms with van der Waals surface area (Å²) in [6, 6.07) is 13.6. The van der Waals surface area contributed by atoms with Crippen LogP contribution in [0.2, 0.25) is 0 Å². The molecular weight excluding hydrogens is 323 g/mol. The van der Waals surface area contributed by atoms with Crippen molar-refractivity contribution < 1.29 is 18.7 Å². The molecule has 6 heteroatoms. The Kier molecular flexibility index (Phi) is 6.51. The SMILES string of the molecule is CC(C)[C@H](NC(=O)Nc1ccccc1)C(=O)OCc1ccccc1F. The van der Waals surface area contributed by atoms with Crippen LogP contribution in [-0.4, -0.2) is 18.0 Å². The van der Waals surface area contributed by atoms with E-state index in [1.54, 1.807) is 56.3 Å². The van der Waals surface area contributed by atoms with Crippen molar-refractivity contribution in [2.45, 2.75) is 26.5 Å². The van der Waals surface area contributed by atoms with Crippen molar-refractivity contribution in [1.29, 1.82) is 0 Å². The molecule has 0 saturated carbocycles. The van der Waals surface area contributed by atoms with E-state index in [1.165, 1.54) is 6.07 Å². The molecule has 0 aliphatic rings. The van der Waals surface area contributed by atoms with Gasteiger partial charge in [-0.05, 0) is 24.1 Å². The van der Waals surface area contributed by atoms with Gasteiger partial charge in [0.15, 0.2) is 0 Å². The number of benzene rings is 2. The number of ether oxygens (including phenoxy) is 1. The zero-order valence-electron chi connectivity index (χ0n) is 14.2. The van der Waals surface area contributed by atoms with Gasteiger partial charge in [0.1, 0.15) is 18.5 Å². The van der Waals surface area contributed by atoms with Gasteiger partial charge >= 0.3 is 12.0 Å². The third kappa shape index (κ3) is 5.60. The van der Waals surface area contributed by atoms with E-state index in [9.17, 15) is 14.0 Å². The van der Waals surface area contributed by atoms with Crippen molar-refractivity contribution in [1.82, 2.24) is 5.32 Å². The van der Waals surface area contributed by atoms with Gasteiger partial charge in [-0.3, -0.25) is 0 Å². The summed E-state index contributed by atoms with van der Waals surface area (Å²) in [5.74, 6) is -1.23. The third-order valence-corrected chi connectivity index (χ3v) is 3.57. The first kappa shape index (κ1) is 18.4. The lowest BCUT2D eigenvalue weighted by Crippen LogP contribution is -2.47. The number of urea groups is 1. The molecule has 2 amide bonds. The number of carbonyl (C=O) groups is 2. The Morgan fingerprint density at radius 3 is 2.32 bits per heavy atom. The van der Waals surface area contributed by atoms with Gasteiger partial charge in [-0.15, -0.1) is 0 Å². The molecule has 0 unspecified atom stereocenters. The summed E-state index contributed by atoms with van der Waals surface area (Å²) in [4.78, 5) is 24.3. The van der Waals surface area contributed by atoms with Gasteiger partial charge in [0.2, 0.25) is 0 Å². The molecular formula is C19H21FN2O3. The molecule has 0 bridgehead atoms. The second kappa shape index (κ2) is 8.82. The van der Waals surface area contributed by atoms with Crippen molar-refractivity contribution >= 4 is 17.7 Å². The van der Waals surface area contributed by atoms with Crippen molar-refractivity contribution in [3.63, 3.8) is 0 Å². The van der Waals surface area contributed by atoms with Crippen LogP contribution < -0.4 is 10.6 Å². The van der Waals surface area contributed by atoms with E-state index in [0.29, 0.717) is 5.69 Å². The minimum Gasteiger partial charge on any atom is -0.459 e. The Morgan fingerprint density at radius 2 is 1.68 bits per heavy atom. The monoisotopic (exact) mass is 344 g/mol. The molecule has 2 N–H and O–H groups in total. The predicted octanol–water partition coefficient (Wildman–Crippen LogP) is 3.72. The minimum absolute atomic E-state index is 0.184. The summed E-state index contributed by atoms with van der Waals surface area (Å²) in [6.45, 7) is 3.40. The number of esters is 1. The summed E-state index contributed by atoms with van der Waals surface area (Å²) >= 11 is 0. The fourth-order valence-corrected chi connectivity index (χ4v) is 2.18. The van der Waals surface area contributed by atoms with Crippen molar-refractivity contribution in [3.8, 4) is 0 Å². The number of halogens is 1. The Labute approximate surface area is 146 Å². The number of nitrogens with one attached hydrogen (secondary N) is 2. The fraction of sp³-hybridized carbons (Fsp3) is 0.263. The quantitative estimate of drug-likeness (QED) is 0.785. The number of rotatable bonds is 6. The first-order chi connectivity index (χ1) is 12.0. The van der Waals surface area contributed by atoms with Gasteiger partial charge in [-0.1, -0.05) is 50.2 Å². The molecule has 132 valence electrons. The molecule has 0 aliphatic heterocycles. The Hall–Kier alpha value is -2.89. The van der Waals surface area contributed by atoms with Gasteiger partial charge in [0, 0.05) is 11.3 Å². The van der Waals surface area contributed by atoms with Crippen LogP contribution in [0.3, 0.4) is 0 Å². The molecule has 1 atom stereocenters. The minimum atomic E-state index is -0.838. The van der Waals surface area contributed by atoms with E-state index in [-0.39, 0.29) is 18.1 Å². The lowest BCUT2D eigenvalue weighted by atomic mass is 10.1. The van der Waals surface area contributed by atoms with Crippen LogP contribution in [0.5, 0.6) is 0 Å². The standard InChI is InChI=1S/C19H21FN2O3/c1-13(2)17(22-19(24)21-15-9-4-3-5-10-15)18(23)25-12-14-8-6-7-11-16(14)20/h3-11,13,17H,12H2,1-2H3,(H2,21,22,24)/t17-/m0/s1. The highest BCUT2D eigenvalue weighted by molar-refractivity contribution is 5.92. The van der Waals surface area contributed by atoms with Gasteiger partial charge in [0.25, 0.3) is 0 Å². The zero-order valence-corrected chi connectivity index (χ0v) is 14.2. The molecule has 0 heterocycles. The molecule has 25 heavy (non-hydrogen) atoms. The Balaban J connectivity index is 1.93. The second-order valence-corrected chi connectivity index (χ2v) is 5.89. The first-order valence-corrected chi connectivity index (χ1v) is 8.00. The van der Waals surface area contributed by atoms with Crippen LogP contribution in [0.1, 0.15) is 19.4 Å². The summed E-state index contributed by atoms with van der Waals surface area (Å²) in [6.07, 6.45) is 0. The average molecular weight is 344 g/mol. The maximum absolute atomic E-state index is 13.6. The predicted molar refractivity (Wildman–Crippen MR) is 93.4 cm³/mol. The van der Waals surface area contributed by atoms with E-state index in [0.717, 1.165) is 0 Å². The van der Waals surface area contributed by atoms with Crippen LogP contribution in [0, 0.1) is 11.7 Å². The van der Waals surface area contributed by atoms with Gasteiger partial charge in [0.05, 0.1) is 0 Å². The summed E-state index contributed by atoms with van der Waals surface area (Å²) < 4.78 is 18.7. The maximum Gasteiger partial charge on any atom is 0.329 e. The average Bonchev–Trinajstić information content (AvgIpc) is 2.59. The van der Waals surface area contributed by atoms with E-state index in [4.69, 9.17) is 4.74 Å². The number of hydrogen-bond acceptors (Lipinski definition) is 3. The molecule has 0 aliphatic carbocycles. The van der Waals surface area contributed by atoms with Crippen molar-refractivity contribution in [2.75, 3.05) is 5.32 Å². The highest BCUT2D eigenvalue weighted by atomic mass is 19.1. The number of hydrogen-bond donors (Lipinski definition) is 2. The highest BCUT2D eigenvalue weighted by Gasteiger charge is 2.26. The third-order valence-electron chi connectivity index (χ3n) is 3.57. The zero-order chi connectivity index (χ0) is 18.2. The molecule has 2 aromatic rings. The first-order valence-electron chi connectivity index (χ1n) is 8.00. The van der Waals surface area contributed by atoms with Crippen molar-refractivity contribution in [3.05, 3.63) is 66.0 Å². The molecule has 0 fully saturated rings. The molecule has 2 rings (SSSR count).